The van der Waals surface area contributed by atoms with E-state index in [-0.39, 0.29) is 12.6 Å². The molecule has 0 bridgehead atoms. The lowest BCUT2D eigenvalue weighted by Crippen LogP contribution is -2.31. The Kier molecular flexibility index (Phi) is 4.08. The van der Waals surface area contributed by atoms with Gasteiger partial charge in [0.25, 0.3) is 0 Å². The molecule has 0 aliphatic carbocycles. The fourth-order valence-electron chi connectivity index (χ4n) is 3.64. The largest absolute Gasteiger partial charge is 0.496 e. The first kappa shape index (κ1) is 17.2. The number of nitrogens with zero attached hydrogens (tertiary/aromatic N) is 3. The number of aromatic nitrogens is 1. The predicted octanol–water partition coefficient (Wildman–Crippen LogP) is 3.76. The van der Waals surface area contributed by atoms with Crippen molar-refractivity contribution in [2.75, 3.05) is 13.2 Å². The molecule has 28 heavy (non-hydrogen) atoms. The van der Waals surface area contributed by atoms with Crippen LogP contribution < -0.4 is 0 Å². The van der Waals surface area contributed by atoms with Gasteiger partial charge in [-0.1, -0.05) is 0 Å². The van der Waals surface area contributed by atoms with E-state index in [0.717, 1.165) is 34.4 Å². The second kappa shape index (κ2) is 6.63. The number of amidine groups is 1. The van der Waals surface area contributed by atoms with Gasteiger partial charge in [-0.25, -0.2) is 9.98 Å². The average molecular weight is 442 g/mol. The molecule has 0 saturated heterocycles. The number of fused-ring (bicyclic) bond motifs is 1. The second-order valence-corrected chi connectivity index (χ2v) is 7.55. The lowest BCUT2D eigenvalue weighted by molar-refractivity contribution is -0.142. The van der Waals surface area contributed by atoms with E-state index in [1.54, 1.807) is 6.26 Å². The Bertz CT molecular complexity index is 1130. The number of oxazole rings is 1. The fraction of sp³-hybridized carbons (Fsp3) is 0.250. The van der Waals surface area contributed by atoms with E-state index in [0.29, 0.717) is 23.6 Å². The molecular formula is C20H16BrN3O4. The number of allylic oxidation sites excluding steroid dienone is 1. The molecule has 0 fully saturated rings. The zero-order valence-electron chi connectivity index (χ0n) is 15.1. The second-order valence-electron chi connectivity index (χ2n) is 6.70. The summed E-state index contributed by atoms with van der Waals surface area (Å²) in [7, 11) is 0. The van der Waals surface area contributed by atoms with Crippen molar-refractivity contribution in [2.24, 2.45) is 4.99 Å². The number of ether oxygens (including phenoxy) is 2. The van der Waals surface area contributed by atoms with Gasteiger partial charge in [-0.3, -0.25) is 4.79 Å². The van der Waals surface area contributed by atoms with Gasteiger partial charge in [0.1, 0.15) is 18.0 Å². The Hall–Kier alpha value is -2.87. The third kappa shape index (κ3) is 2.84. The van der Waals surface area contributed by atoms with Crippen LogP contribution in [0.4, 0.5) is 0 Å². The molecule has 0 radical (unpaired) electrons. The zero-order valence-corrected chi connectivity index (χ0v) is 16.7. The summed E-state index contributed by atoms with van der Waals surface area (Å²) in [5.74, 6) is 0.881. The first-order chi connectivity index (χ1) is 13.6. The molecule has 3 aliphatic heterocycles. The average Bonchev–Trinajstić information content (AvgIpc) is 3.25. The summed E-state index contributed by atoms with van der Waals surface area (Å²) in [5.41, 5.74) is 5.79. The van der Waals surface area contributed by atoms with Crippen LogP contribution in [0.25, 0.3) is 11.1 Å². The van der Waals surface area contributed by atoms with E-state index in [1.165, 1.54) is 18.2 Å². The van der Waals surface area contributed by atoms with Gasteiger partial charge in [-0.2, -0.15) is 0 Å². The molecule has 0 atom stereocenters. The van der Waals surface area contributed by atoms with Crippen LogP contribution in [0.3, 0.4) is 0 Å². The summed E-state index contributed by atoms with van der Waals surface area (Å²) in [4.78, 5) is 22.4. The molecule has 8 heteroatoms. The molecule has 0 unspecified atom stereocenters. The standard InChI is InChI=1S/C20H16BrN3O4/c1-11(25)27-10-18-23-16-6-12(2-3-17(16)28-18)20-22-7-14-15(21)9-26-8-13-4-5-24(20)19(13)14/h2-3,6-7,9H,4-5,8,10H2,1H3. The Balaban J connectivity index is 1.52. The maximum atomic E-state index is 11.0. The number of benzene rings is 1. The van der Waals surface area contributed by atoms with Crippen molar-refractivity contribution in [1.82, 2.24) is 9.88 Å². The van der Waals surface area contributed by atoms with Crippen LogP contribution in [-0.4, -0.2) is 34.8 Å². The minimum Gasteiger partial charge on any atom is -0.496 e. The number of rotatable bonds is 3. The number of hydrogen-bond donors (Lipinski definition) is 0. The summed E-state index contributed by atoms with van der Waals surface area (Å²) >= 11 is 3.58. The molecule has 0 amide bonds. The van der Waals surface area contributed by atoms with Gasteiger partial charge in [-0.15, -0.1) is 0 Å². The van der Waals surface area contributed by atoms with Crippen molar-refractivity contribution in [1.29, 1.82) is 0 Å². The highest BCUT2D eigenvalue weighted by molar-refractivity contribution is 9.12. The van der Waals surface area contributed by atoms with Gasteiger partial charge in [0.2, 0.25) is 5.89 Å². The smallest absolute Gasteiger partial charge is 0.303 e. The number of halogens is 1. The Morgan fingerprint density at radius 3 is 3.14 bits per heavy atom. The van der Waals surface area contributed by atoms with Crippen LogP contribution in [0.5, 0.6) is 0 Å². The van der Waals surface area contributed by atoms with Gasteiger partial charge in [-0.05, 0) is 46.1 Å². The van der Waals surface area contributed by atoms with Gasteiger partial charge >= 0.3 is 5.97 Å². The number of carbonyl (C=O) groups excluding carboxylic acids is 1. The molecule has 0 saturated carbocycles. The van der Waals surface area contributed by atoms with Crippen LogP contribution in [0, 0.1) is 0 Å². The summed E-state index contributed by atoms with van der Waals surface area (Å²) in [6.45, 7) is 2.83. The third-order valence-corrected chi connectivity index (χ3v) is 5.47. The van der Waals surface area contributed by atoms with Crippen molar-refractivity contribution in [3.8, 4) is 0 Å². The summed E-state index contributed by atoms with van der Waals surface area (Å²) < 4.78 is 17.1. The Morgan fingerprint density at radius 2 is 2.29 bits per heavy atom. The van der Waals surface area contributed by atoms with E-state index in [2.05, 4.69) is 25.8 Å². The van der Waals surface area contributed by atoms with Crippen molar-refractivity contribution >= 4 is 38.8 Å². The van der Waals surface area contributed by atoms with E-state index in [9.17, 15) is 4.79 Å². The van der Waals surface area contributed by atoms with Crippen LogP contribution in [0.15, 0.2) is 61.4 Å². The monoisotopic (exact) mass is 441 g/mol. The lowest BCUT2D eigenvalue weighted by Gasteiger charge is -2.28. The number of hydrogen-bond acceptors (Lipinski definition) is 7. The van der Waals surface area contributed by atoms with Gasteiger partial charge in [0.05, 0.1) is 16.4 Å². The molecule has 5 rings (SSSR count). The van der Waals surface area contributed by atoms with Crippen LogP contribution in [-0.2, 0) is 20.9 Å². The highest BCUT2D eigenvalue weighted by atomic mass is 79.9. The normalized spacial score (nSPS) is 18.2. The highest BCUT2D eigenvalue weighted by Gasteiger charge is 2.34. The molecule has 7 nitrogen and oxygen atoms in total. The highest BCUT2D eigenvalue weighted by Crippen LogP contribution is 2.40. The molecule has 1 aromatic heterocycles. The number of esters is 1. The number of carbonyl (C=O) groups is 1. The van der Waals surface area contributed by atoms with E-state index in [4.69, 9.17) is 18.9 Å². The summed E-state index contributed by atoms with van der Waals surface area (Å²) in [5, 5.41) is 0. The third-order valence-electron chi connectivity index (χ3n) is 4.86. The van der Waals surface area contributed by atoms with Crippen molar-refractivity contribution in [2.45, 2.75) is 20.0 Å². The van der Waals surface area contributed by atoms with Crippen molar-refractivity contribution in [3.05, 3.63) is 63.4 Å². The summed E-state index contributed by atoms with van der Waals surface area (Å²) in [6.07, 6.45) is 4.55. The van der Waals surface area contributed by atoms with Gasteiger partial charge < -0.3 is 18.8 Å². The predicted molar refractivity (Wildman–Crippen MR) is 105 cm³/mol. The maximum absolute atomic E-state index is 11.0. The van der Waals surface area contributed by atoms with Crippen molar-refractivity contribution < 1.29 is 18.7 Å². The van der Waals surface area contributed by atoms with Crippen LogP contribution in [0.2, 0.25) is 0 Å². The molecule has 1 aromatic carbocycles. The quantitative estimate of drug-likeness (QED) is 0.674. The molecule has 3 aliphatic rings. The van der Waals surface area contributed by atoms with Gasteiger partial charge in [0.15, 0.2) is 12.2 Å². The molecule has 2 aromatic rings. The van der Waals surface area contributed by atoms with Gasteiger partial charge in [0, 0.05) is 30.8 Å². The van der Waals surface area contributed by atoms with E-state index in [1.807, 2.05) is 24.4 Å². The minimum atomic E-state index is -0.368. The topological polar surface area (TPSA) is 77.2 Å². The van der Waals surface area contributed by atoms with Crippen LogP contribution >= 0.6 is 15.9 Å². The first-order valence-electron chi connectivity index (χ1n) is 8.89. The molecule has 4 heterocycles. The molecule has 0 spiro atoms. The zero-order chi connectivity index (χ0) is 19.3. The molecule has 0 N–H and O–H groups in total. The van der Waals surface area contributed by atoms with E-state index >= 15 is 0 Å². The minimum absolute atomic E-state index is 0.0229. The molecule has 142 valence electrons. The van der Waals surface area contributed by atoms with Crippen molar-refractivity contribution in [3.63, 3.8) is 0 Å². The summed E-state index contributed by atoms with van der Waals surface area (Å²) in [6, 6.07) is 5.79. The first-order valence-corrected chi connectivity index (χ1v) is 9.68. The Labute approximate surface area is 169 Å². The Morgan fingerprint density at radius 1 is 1.39 bits per heavy atom. The lowest BCUT2D eigenvalue weighted by atomic mass is 10.1. The molecular weight excluding hydrogens is 426 g/mol. The SMILES string of the molecule is CC(=O)OCc1nc2cc(C3=NC=C4C(Br)=COCC5=C4N3CC5)ccc2o1. The maximum Gasteiger partial charge on any atom is 0.303 e. The van der Waals surface area contributed by atoms with Crippen LogP contribution in [0.1, 0.15) is 24.8 Å². The number of aliphatic imine (C=N–C) groups is 1. The van der Waals surface area contributed by atoms with E-state index < -0.39 is 0 Å². The fourth-order valence-corrected chi connectivity index (χ4v) is 4.06.